The second-order valence-electron chi connectivity index (χ2n) is 3.19. The molecule has 0 saturated carbocycles. The summed E-state index contributed by atoms with van der Waals surface area (Å²) in [6.45, 7) is 5.36. The van der Waals surface area contributed by atoms with Crippen molar-refractivity contribution in [2.24, 2.45) is 0 Å². The van der Waals surface area contributed by atoms with Crippen molar-refractivity contribution in [1.29, 1.82) is 0 Å². The topological polar surface area (TPSA) is 35.5 Å². The Hall–Kier alpha value is -1.36. The molecule has 0 aliphatic carbocycles. The van der Waals surface area contributed by atoms with Crippen LogP contribution in [0.3, 0.4) is 0 Å². The highest BCUT2D eigenvalue weighted by Gasteiger charge is 2.10. The minimum atomic E-state index is -0.539. The first-order valence-corrected chi connectivity index (χ1v) is 5.76. The lowest BCUT2D eigenvalue weighted by Gasteiger charge is -2.09. The number of carbonyl (C=O) groups excluding carboxylic acids is 1. The maximum atomic E-state index is 13.3. The van der Waals surface area contributed by atoms with E-state index in [2.05, 4.69) is 22.5 Å². The molecule has 0 unspecified atom stereocenters. The van der Waals surface area contributed by atoms with Gasteiger partial charge in [0.15, 0.2) is 11.6 Å². The Morgan fingerprint density at radius 3 is 2.88 bits per heavy atom. The van der Waals surface area contributed by atoms with Gasteiger partial charge in [-0.25, -0.2) is 9.18 Å². The van der Waals surface area contributed by atoms with Crippen LogP contribution in [-0.2, 0) is 9.53 Å². The van der Waals surface area contributed by atoms with Gasteiger partial charge in [-0.1, -0.05) is 22.5 Å². The summed E-state index contributed by atoms with van der Waals surface area (Å²) in [7, 11) is 0. The molecule has 1 aromatic carbocycles. The fraction of sp³-hybridized carbons (Fsp3) is 0.250. The van der Waals surface area contributed by atoms with Gasteiger partial charge in [-0.3, -0.25) is 0 Å². The third kappa shape index (κ3) is 4.19. The van der Waals surface area contributed by atoms with Gasteiger partial charge in [-0.05, 0) is 25.1 Å². The van der Waals surface area contributed by atoms with Crippen molar-refractivity contribution < 1.29 is 18.7 Å². The first kappa shape index (κ1) is 13.7. The fourth-order valence-corrected chi connectivity index (χ4v) is 1.38. The molecule has 0 fully saturated rings. The largest absolute Gasteiger partial charge is 0.486 e. The van der Waals surface area contributed by atoms with Crippen molar-refractivity contribution >= 4 is 21.9 Å². The summed E-state index contributed by atoms with van der Waals surface area (Å²) in [5.74, 6) is -0.974. The van der Waals surface area contributed by atoms with Gasteiger partial charge in [0.05, 0.1) is 12.2 Å². The molecule has 0 heterocycles. The number of halogens is 2. The van der Waals surface area contributed by atoms with E-state index >= 15 is 0 Å². The Balaban J connectivity index is 2.58. The lowest BCUT2D eigenvalue weighted by atomic mass is 10.3. The summed E-state index contributed by atoms with van der Waals surface area (Å²) in [5.41, 5.74) is 0.145. The van der Waals surface area contributed by atoms with E-state index in [1.54, 1.807) is 13.0 Å². The summed E-state index contributed by atoms with van der Waals surface area (Å²) in [6.07, 6.45) is 0. The zero-order valence-electron chi connectivity index (χ0n) is 9.33. The molecule has 0 amide bonds. The van der Waals surface area contributed by atoms with E-state index in [0.29, 0.717) is 4.47 Å². The molecule has 0 aliphatic heterocycles. The molecule has 0 saturated heterocycles. The van der Waals surface area contributed by atoms with Crippen LogP contribution in [0.2, 0.25) is 0 Å². The second-order valence-corrected chi connectivity index (χ2v) is 4.10. The molecule has 0 radical (unpaired) electrons. The van der Waals surface area contributed by atoms with Gasteiger partial charge in [0.25, 0.3) is 0 Å². The van der Waals surface area contributed by atoms with Crippen LogP contribution >= 0.6 is 15.9 Å². The fourth-order valence-electron chi connectivity index (χ4n) is 1.04. The molecule has 5 heteroatoms. The van der Waals surface area contributed by atoms with Crippen LogP contribution in [0.1, 0.15) is 6.92 Å². The highest BCUT2D eigenvalue weighted by atomic mass is 79.9. The minimum Gasteiger partial charge on any atom is -0.486 e. The second kappa shape index (κ2) is 6.39. The number of ether oxygens (including phenoxy) is 2. The predicted octanol–water partition coefficient (Wildman–Crippen LogP) is 3.09. The Kier molecular flexibility index (Phi) is 5.15. The zero-order valence-corrected chi connectivity index (χ0v) is 10.9. The van der Waals surface area contributed by atoms with Gasteiger partial charge in [0.1, 0.15) is 6.61 Å². The SMILES string of the molecule is C=C(COc1cc(Br)ccc1F)C(=O)OCC. The highest BCUT2D eigenvalue weighted by molar-refractivity contribution is 9.10. The quantitative estimate of drug-likeness (QED) is 0.619. The lowest BCUT2D eigenvalue weighted by Crippen LogP contribution is -2.13. The zero-order chi connectivity index (χ0) is 12.8. The van der Waals surface area contributed by atoms with Crippen molar-refractivity contribution in [3.8, 4) is 5.75 Å². The first-order chi connectivity index (χ1) is 8.04. The number of rotatable bonds is 5. The van der Waals surface area contributed by atoms with Crippen molar-refractivity contribution in [2.75, 3.05) is 13.2 Å². The molecular weight excluding hydrogens is 291 g/mol. The minimum absolute atomic E-state index is 0.0600. The normalized spacial score (nSPS) is 9.82. The molecule has 0 N–H and O–H groups in total. The van der Waals surface area contributed by atoms with E-state index in [-0.39, 0.29) is 24.5 Å². The summed E-state index contributed by atoms with van der Waals surface area (Å²) < 4.78 is 23.8. The van der Waals surface area contributed by atoms with Crippen LogP contribution in [0, 0.1) is 5.82 Å². The van der Waals surface area contributed by atoms with Gasteiger partial charge in [-0.15, -0.1) is 0 Å². The molecule has 17 heavy (non-hydrogen) atoms. The molecule has 0 aliphatic rings. The molecule has 0 atom stereocenters. The summed E-state index contributed by atoms with van der Waals surface area (Å²) in [6, 6.07) is 4.31. The van der Waals surface area contributed by atoms with Crippen LogP contribution < -0.4 is 4.74 Å². The van der Waals surface area contributed by atoms with Crippen LogP contribution in [-0.4, -0.2) is 19.2 Å². The van der Waals surface area contributed by atoms with Crippen LogP contribution in [0.15, 0.2) is 34.8 Å². The van der Waals surface area contributed by atoms with E-state index in [0.717, 1.165) is 0 Å². The third-order valence-corrected chi connectivity index (χ3v) is 2.35. The number of carbonyl (C=O) groups is 1. The van der Waals surface area contributed by atoms with E-state index < -0.39 is 11.8 Å². The Morgan fingerprint density at radius 2 is 2.24 bits per heavy atom. The van der Waals surface area contributed by atoms with Gasteiger partial charge in [-0.2, -0.15) is 0 Å². The summed E-state index contributed by atoms with van der Waals surface area (Å²) in [5, 5.41) is 0. The number of esters is 1. The standard InChI is InChI=1S/C12H12BrFO3/c1-3-16-12(15)8(2)7-17-11-6-9(13)4-5-10(11)14/h4-6H,2-3,7H2,1H3. The third-order valence-electron chi connectivity index (χ3n) is 1.86. The van der Waals surface area contributed by atoms with Crippen molar-refractivity contribution in [3.63, 3.8) is 0 Å². The van der Waals surface area contributed by atoms with Gasteiger partial charge >= 0.3 is 5.97 Å². The maximum absolute atomic E-state index is 13.3. The lowest BCUT2D eigenvalue weighted by molar-refractivity contribution is -0.138. The molecule has 0 bridgehead atoms. The van der Waals surface area contributed by atoms with Gasteiger partial charge in [0, 0.05) is 4.47 Å². The molecule has 92 valence electrons. The van der Waals surface area contributed by atoms with E-state index in [1.165, 1.54) is 12.1 Å². The number of hydrogen-bond donors (Lipinski definition) is 0. The van der Waals surface area contributed by atoms with E-state index in [1.807, 2.05) is 0 Å². The first-order valence-electron chi connectivity index (χ1n) is 4.97. The van der Waals surface area contributed by atoms with Gasteiger partial charge < -0.3 is 9.47 Å². The van der Waals surface area contributed by atoms with E-state index in [9.17, 15) is 9.18 Å². The average Bonchev–Trinajstić information content (AvgIpc) is 2.30. The van der Waals surface area contributed by atoms with E-state index in [4.69, 9.17) is 9.47 Å². The van der Waals surface area contributed by atoms with Crippen LogP contribution in [0.25, 0.3) is 0 Å². The molecule has 1 rings (SSSR count). The highest BCUT2D eigenvalue weighted by Crippen LogP contribution is 2.22. The average molecular weight is 303 g/mol. The van der Waals surface area contributed by atoms with Crippen LogP contribution in [0.4, 0.5) is 4.39 Å². The summed E-state index contributed by atoms with van der Waals surface area (Å²) >= 11 is 3.20. The van der Waals surface area contributed by atoms with Crippen molar-refractivity contribution in [1.82, 2.24) is 0 Å². The Morgan fingerprint density at radius 1 is 1.53 bits per heavy atom. The number of benzene rings is 1. The smallest absolute Gasteiger partial charge is 0.336 e. The van der Waals surface area contributed by atoms with Crippen molar-refractivity contribution in [2.45, 2.75) is 6.92 Å². The van der Waals surface area contributed by atoms with Crippen molar-refractivity contribution in [3.05, 3.63) is 40.6 Å². The Labute approximate surface area is 107 Å². The number of hydrogen-bond acceptors (Lipinski definition) is 3. The monoisotopic (exact) mass is 302 g/mol. The summed E-state index contributed by atoms with van der Waals surface area (Å²) in [4.78, 5) is 11.2. The van der Waals surface area contributed by atoms with Gasteiger partial charge in [0.2, 0.25) is 0 Å². The maximum Gasteiger partial charge on any atom is 0.336 e. The molecule has 0 aromatic heterocycles. The predicted molar refractivity (Wildman–Crippen MR) is 65.4 cm³/mol. The molecular formula is C12H12BrFO3. The molecule has 0 spiro atoms. The molecule has 1 aromatic rings. The Bertz CT molecular complexity index is 432. The van der Waals surface area contributed by atoms with Crippen LogP contribution in [0.5, 0.6) is 5.75 Å². The molecule has 3 nitrogen and oxygen atoms in total.